The molecule has 1 aromatic carbocycles. The first-order chi connectivity index (χ1) is 5.66. The predicted octanol–water partition coefficient (Wildman–Crippen LogP) is 1.94. The number of aromatic amines is 1. The highest BCUT2D eigenvalue weighted by molar-refractivity contribution is 6.35. The molecule has 0 unspecified atom stereocenters. The maximum Gasteiger partial charge on any atom is 0.198 e. The number of aromatic nitrogens is 2. The molecule has 0 atom stereocenters. The van der Waals surface area contributed by atoms with Crippen molar-refractivity contribution in [1.82, 2.24) is 9.97 Å². The molecule has 0 aliphatic carbocycles. The zero-order chi connectivity index (χ0) is 8.72. The Balaban J connectivity index is 2.88. The SMILES string of the molecule is Nc1nc2c(Cl)cc(F)cc2[nH]1. The van der Waals surface area contributed by atoms with Gasteiger partial charge in [0.25, 0.3) is 0 Å². The summed E-state index contributed by atoms with van der Waals surface area (Å²) in [4.78, 5) is 6.56. The van der Waals surface area contributed by atoms with Gasteiger partial charge in [0.2, 0.25) is 0 Å². The average molecular weight is 186 g/mol. The van der Waals surface area contributed by atoms with E-state index < -0.39 is 5.82 Å². The molecule has 0 aliphatic heterocycles. The Kier molecular flexibility index (Phi) is 1.44. The van der Waals surface area contributed by atoms with Crippen LogP contribution in [0.15, 0.2) is 12.1 Å². The Morgan fingerprint density at radius 3 is 3.00 bits per heavy atom. The zero-order valence-corrected chi connectivity index (χ0v) is 6.69. The normalized spacial score (nSPS) is 10.8. The van der Waals surface area contributed by atoms with E-state index >= 15 is 0 Å². The number of rotatable bonds is 0. The van der Waals surface area contributed by atoms with Gasteiger partial charge in [-0.25, -0.2) is 9.37 Å². The summed E-state index contributed by atoms with van der Waals surface area (Å²) in [6.45, 7) is 0. The van der Waals surface area contributed by atoms with Crippen molar-refractivity contribution in [2.75, 3.05) is 5.73 Å². The first-order valence-electron chi connectivity index (χ1n) is 3.27. The van der Waals surface area contributed by atoms with Gasteiger partial charge in [0.05, 0.1) is 10.5 Å². The second kappa shape index (κ2) is 2.35. The number of nitrogens with zero attached hydrogens (tertiary/aromatic N) is 1. The van der Waals surface area contributed by atoms with E-state index in [-0.39, 0.29) is 11.0 Å². The monoisotopic (exact) mass is 185 g/mol. The number of nitrogens with two attached hydrogens (primary N) is 1. The van der Waals surface area contributed by atoms with Crippen LogP contribution >= 0.6 is 11.6 Å². The number of fused-ring (bicyclic) bond motifs is 1. The second-order valence-corrected chi connectivity index (χ2v) is 2.81. The van der Waals surface area contributed by atoms with Crippen LogP contribution in [0.25, 0.3) is 11.0 Å². The van der Waals surface area contributed by atoms with Crippen molar-refractivity contribution in [3.8, 4) is 0 Å². The molecule has 12 heavy (non-hydrogen) atoms. The third-order valence-corrected chi connectivity index (χ3v) is 1.81. The van der Waals surface area contributed by atoms with Gasteiger partial charge in [0.1, 0.15) is 11.3 Å². The summed E-state index contributed by atoms with van der Waals surface area (Å²) in [5.74, 6) is -0.173. The fraction of sp³-hybridized carbons (Fsp3) is 0. The summed E-state index contributed by atoms with van der Waals surface area (Å²) in [7, 11) is 0. The number of H-pyrrole nitrogens is 1. The molecule has 0 amide bonds. The summed E-state index contributed by atoms with van der Waals surface area (Å²) in [5.41, 5.74) is 6.37. The van der Waals surface area contributed by atoms with Crippen LogP contribution < -0.4 is 5.73 Å². The van der Waals surface area contributed by atoms with Crippen LogP contribution in [0.2, 0.25) is 5.02 Å². The average Bonchev–Trinajstić information content (AvgIpc) is 2.29. The number of anilines is 1. The molecular formula is C7H5ClFN3. The van der Waals surface area contributed by atoms with Crippen molar-refractivity contribution in [3.63, 3.8) is 0 Å². The maximum absolute atomic E-state index is 12.7. The van der Waals surface area contributed by atoms with Gasteiger partial charge in [-0.3, -0.25) is 0 Å². The minimum absolute atomic E-state index is 0.234. The van der Waals surface area contributed by atoms with Gasteiger partial charge in [-0.1, -0.05) is 11.6 Å². The van der Waals surface area contributed by atoms with Gasteiger partial charge in [-0.2, -0.15) is 0 Å². The molecule has 3 nitrogen and oxygen atoms in total. The highest BCUT2D eigenvalue weighted by atomic mass is 35.5. The smallest absolute Gasteiger partial charge is 0.198 e. The lowest BCUT2D eigenvalue weighted by atomic mass is 10.3. The predicted molar refractivity (Wildman–Crippen MR) is 45.5 cm³/mol. The van der Waals surface area contributed by atoms with E-state index in [0.717, 1.165) is 0 Å². The topological polar surface area (TPSA) is 54.7 Å². The lowest BCUT2D eigenvalue weighted by molar-refractivity contribution is 0.629. The van der Waals surface area contributed by atoms with Crippen molar-refractivity contribution >= 4 is 28.6 Å². The lowest BCUT2D eigenvalue weighted by Crippen LogP contribution is -1.84. The summed E-state index contributed by atoms with van der Waals surface area (Å²) < 4.78 is 12.7. The summed E-state index contributed by atoms with van der Waals surface area (Å²) >= 11 is 5.70. The molecule has 1 aromatic heterocycles. The molecule has 62 valence electrons. The third-order valence-electron chi connectivity index (χ3n) is 1.52. The van der Waals surface area contributed by atoms with Gasteiger partial charge in [-0.05, 0) is 12.1 Å². The van der Waals surface area contributed by atoms with Crippen molar-refractivity contribution in [2.45, 2.75) is 0 Å². The van der Waals surface area contributed by atoms with Crippen LogP contribution in [0.5, 0.6) is 0 Å². The Hall–Kier alpha value is -1.29. The molecule has 0 saturated heterocycles. The number of nitrogens with one attached hydrogen (secondary N) is 1. The minimum atomic E-state index is -0.406. The zero-order valence-electron chi connectivity index (χ0n) is 5.94. The van der Waals surface area contributed by atoms with Crippen molar-refractivity contribution in [3.05, 3.63) is 23.0 Å². The van der Waals surface area contributed by atoms with Gasteiger partial charge < -0.3 is 10.7 Å². The molecule has 0 radical (unpaired) electrons. The Bertz CT molecular complexity index is 437. The Labute approximate surface area is 72.4 Å². The summed E-state index contributed by atoms with van der Waals surface area (Å²) in [6.07, 6.45) is 0. The first-order valence-corrected chi connectivity index (χ1v) is 3.65. The van der Waals surface area contributed by atoms with Crippen LogP contribution in [-0.4, -0.2) is 9.97 Å². The third kappa shape index (κ3) is 1.00. The lowest BCUT2D eigenvalue weighted by Gasteiger charge is -1.91. The van der Waals surface area contributed by atoms with Crippen molar-refractivity contribution in [1.29, 1.82) is 0 Å². The highest BCUT2D eigenvalue weighted by Gasteiger charge is 2.05. The number of imidazole rings is 1. The van der Waals surface area contributed by atoms with Crippen LogP contribution in [0.4, 0.5) is 10.3 Å². The number of hydrogen-bond donors (Lipinski definition) is 2. The van der Waals surface area contributed by atoms with Crippen LogP contribution in [0.3, 0.4) is 0 Å². The Morgan fingerprint density at radius 2 is 2.25 bits per heavy atom. The summed E-state index contributed by atoms with van der Waals surface area (Å²) in [6, 6.07) is 2.49. The number of hydrogen-bond acceptors (Lipinski definition) is 2. The molecule has 3 N–H and O–H groups in total. The quantitative estimate of drug-likeness (QED) is 0.659. The Morgan fingerprint density at radius 1 is 1.50 bits per heavy atom. The van der Waals surface area contributed by atoms with Gasteiger partial charge in [-0.15, -0.1) is 0 Å². The highest BCUT2D eigenvalue weighted by Crippen LogP contribution is 2.23. The van der Waals surface area contributed by atoms with E-state index in [9.17, 15) is 4.39 Å². The molecule has 5 heteroatoms. The van der Waals surface area contributed by atoms with Crippen LogP contribution in [0.1, 0.15) is 0 Å². The summed E-state index contributed by atoms with van der Waals surface area (Å²) in [5, 5.41) is 0.262. The molecule has 0 bridgehead atoms. The van der Waals surface area contributed by atoms with Gasteiger partial charge in [0.15, 0.2) is 5.95 Å². The largest absolute Gasteiger partial charge is 0.369 e. The fourth-order valence-electron chi connectivity index (χ4n) is 1.06. The van der Waals surface area contributed by atoms with Gasteiger partial charge >= 0.3 is 0 Å². The molecule has 0 saturated carbocycles. The first kappa shape index (κ1) is 7.36. The molecule has 2 rings (SSSR count). The number of nitrogen functional groups attached to an aromatic ring is 1. The molecular weight excluding hydrogens is 181 g/mol. The molecule has 0 fully saturated rings. The molecule has 0 aliphatic rings. The van der Waals surface area contributed by atoms with E-state index in [4.69, 9.17) is 17.3 Å². The van der Waals surface area contributed by atoms with E-state index in [1.807, 2.05) is 0 Å². The molecule has 1 heterocycles. The second-order valence-electron chi connectivity index (χ2n) is 2.41. The molecule has 2 aromatic rings. The van der Waals surface area contributed by atoms with E-state index in [1.165, 1.54) is 12.1 Å². The standard InChI is InChI=1S/C7H5ClFN3/c8-4-1-3(9)2-5-6(4)12-7(10)11-5/h1-2H,(H3,10,11,12). The van der Waals surface area contributed by atoms with Crippen LogP contribution in [0, 0.1) is 5.82 Å². The van der Waals surface area contributed by atoms with Crippen molar-refractivity contribution < 1.29 is 4.39 Å². The van der Waals surface area contributed by atoms with E-state index in [2.05, 4.69) is 9.97 Å². The van der Waals surface area contributed by atoms with Crippen LogP contribution in [-0.2, 0) is 0 Å². The van der Waals surface area contributed by atoms with Crippen molar-refractivity contribution in [2.24, 2.45) is 0 Å². The minimum Gasteiger partial charge on any atom is -0.369 e. The molecule has 0 spiro atoms. The maximum atomic E-state index is 12.7. The fourth-order valence-corrected chi connectivity index (χ4v) is 1.31. The van der Waals surface area contributed by atoms with Gasteiger partial charge in [0, 0.05) is 0 Å². The number of benzene rings is 1. The van der Waals surface area contributed by atoms with E-state index in [1.54, 1.807) is 0 Å². The number of halogens is 2. The van der Waals surface area contributed by atoms with E-state index in [0.29, 0.717) is 11.0 Å².